The first kappa shape index (κ1) is 47.0. The molecule has 0 amide bonds. The summed E-state index contributed by atoms with van der Waals surface area (Å²) < 4.78 is 10.5. The topological polar surface area (TPSA) is 76.1 Å². The van der Waals surface area contributed by atoms with E-state index in [1.165, 1.54) is 122 Å². The lowest BCUT2D eigenvalue weighted by molar-refractivity contribution is -0.148. The van der Waals surface area contributed by atoms with Gasteiger partial charge in [0.05, 0.1) is 19.1 Å². The summed E-state index contributed by atoms with van der Waals surface area (Å²) in [5.74, 6) is -0.284. The first-order chi connectivity index (χ1) is 22.4. The summed E-state index contributed by atoms with van der Waals surface area (Å²) in [6.07, 6.45) is 32.8. The highest BCUT2D eigenvalue weighted by Crippen LogP contribution is 2.14. The maximum absolute atomic E-state index is 12.1. The molecule has 1 atom stereocenters. The van der Waals surface area contributed by atoms with Crippen LogP contribution >= 0.6 is 0 Å². The molecule has 0 aliphatic rings. The van der Waals surface area contributed by atoms with Crippen LogP contribution in [0.5, 0.6) is 0 Å². The number of ether oxygens (including phenoxy) is 2. The number of aliphatic hydroxyl groups excluding tert-OH is 1. The minimum absolute atomic E-state index is 0.00150. The second-order valence-corrected chi connectivity index (χ2v) is 13.5. The van der Waals surface area contributed by atoms with Crippen LogP contribution in [0, 0.1) is 5.92 Å². The first-order valence-corrected chi connectivity index (χ1v) is 20.1. The van der Waals surface area contributed by atoms with E-state index in [0.29, 0.717) is 13.2 Å². The third-order valence-electron chi connectivity index (χ3n) is 8.77. The summed E-state index contributed by atoms with van der Waals surface area (Å²) in [5, 5.41) is 9.01. The van der Waals surface area contributed by atoms with Gasteiger partial charge in [0.1, 0.15) is 0 Å². The number of hydrogen-bond donors (Lipinski definition) is 1. The Balaban J connectivity index is 0. The molecule has 0 fully saturated rings. The summed E-state index contributed by atoms with van der Waals surface area (Å²) >= 11 is 0. The van der Waals surface area contributed by atoms with Gasteiger partial charge in [-0.3, -0.25) is 9.59 Å². The SMILES string of the molecule is CCCCCCCCC(C)C(=O)OCCCCN(CCCCO)CCCCOC(C)=O.CCCCCCCCCCCCCCC. The van der Waals surface area contributed by atoms with Crippen LogP contribution in [0.15, 0.2) is 0 Å². The summed E-state index contributed by atoms with van der Waals surface area (Å²) in [7, 11) is 0. The standard InChI is InChI=1S/C25H49NO5.C15H32/c1-4-5-6-7-8-9-16-23(2)25(29)31-22-15-12-19-26(17-10-13-20-27)18-11-14-21-30-24(3)28;1-3-5-7-9-11-13-15-14-12-10-8-6-4-2/h23,27H,4-22H2,1-3H3;3-15H2,1-2H3. The van der Waals surface area contributed by atoms with Crippen molar-refractivity contribution in [1.82, 2.24) is 4.90 Å². The molecule has 0 saturated carbocycles. The van der Waals surface area contributed by atoms with Gasteiger partial charge >= 0.3 is 11.9 Å². The van der Waals surface area contributed by atoms with Crippen molar-refractivity contribution < 1.29 is 24.2 Å². The van der Waals surface area contributed by atoms with Crippen LogP contribution in [0.1, 0.15) is 202 Å². The average molecular weight is 656 g/mol. The van der Waals surface area contributed by atoms with Gasteiger partial charge in [-0.15, -0.1) is 0 Å². The lowest BCUT2D eigenvalue weighted by atomic mass is 10.0. The Labute approximate surface area is 287 Å². The van der Waals surface area contributed by atoms with Crippen molar-refractivity contribution >= 4 is 11.9 Å². The minimum atomic E-state index is -0.226. The maximum atomic E-state index is 12.1. The Hall–Kier alpha value is -1.14. The molecule has 46 heavy (non-hydrogen) atoms. The van der Waals surface area contributed by atoms with Crippen LogP contribution in [0.25, 0.3) is 0 Å². The molecule has 1 N–H and O–H groups in total. The summed E-state index contributed by atoms with van der Waals surface area (Å²) in [4.78, 5) is 25.4. The van der Waals surface area contributed by atoms with Crippen LogP contribution in [-0.2, 0) is 19.1 Å². The van der Waals surface area contributed by atoms with E-state index < -0.39 is 0 Å². The highest BCUT2D eigenvalue weighted by Gasteiger charge is 2.14. The molecule has 0 heterocycles. The van der Waals surface area contributed by atoms with Gasteiger partial charge in [-0.1, -0.05) is 150 Å². The Kier molecular flexibility index (Phi) is 40.9. The largest absolute Gasteiger partial charge is 0.466 e. The highest BCUT2D eigenvalue weighted by molar-refractivity contribution is 5.71. The van der Waals surface area contributed by atoms with Gasteiger partial charge in [-0.25, -0.2) is 0 Å². The van der Waals surface area contributed by atoms with Crippen LogP contribution in [0.2, 0.25) is 0 Å². The lowest BCUT2D eigenvalue weighted by Crippen LogP contribution is -2.28. The van der Waals surface area contributed by atoms with E-state index in [1.807, 2.05) is 6.92 Å². The Morgan fingerprint density at radius 1 is 0.522 bits per heavy atom. The van der Waals surface area contributed by atoms with E-state index in [1.54, 1.807) is 0 Å². The number of esters is 2. The Morgan fingerprint density at radius 2 is 0.891 bits per heavy atom. The van der Waals surface area contributed by atoms with Crippen LogP contribution in [0.4, 0.5) is 0 Å². The van der Waals surface area contributed by atoms with Gasteiger partial charge in [0, 0.05) is 13.5 Å². The predicted octanol–water partition coefficient (Wildman–Crippen LogP) is 11.2. The fraction of sp³-hybridized carbons (Fsp3) is 0.950. The molecule has 276 valence electrons. The second-order valence-electron chi connectivity index (χ2n) is 13.5. The van der Waals surface area contributed by atoms with E-state index in [0.717, 1.165) is 71.0 Å². The normalized spacial score (nSPS) is 11.7. The molecule has 1 unspecified atom stereocenters. The van der Waals surface area contributed by atoms with Crippen molar-refractivity contribution in [2.75, 3.05) is 39.5 Å². The summed E-state index contributed by atoms with van der Waals surface area (Å²) in [6.45, 7) is 14.3. The minimum Gasteiger partial charge on any atom is -0.466 e. The molecule has 0 radical (unpaired) electrons. The Morgan fingerprint density at radius 3 is 1.28 bits per heavy atom. The molecular formula is C40H81NO5. The molecular weight excluding hydrogens is 574 g/mol. The molecule has 0 aromatic rings. The number of carbonyl (C=O) groups is 2. The van der Waals surface area contributed by atoms with E-state index >= 15 is 0 Å². The van der Waals surface area contributed by atoms with E-state index in [-0.39, 0.29) is 24.5 Å². The van der Waals surface area contributed by atoms with Gasteiger partial charge in [0.2, 0.25) is 0 Å². The maximum Gasteiger partial charge on any atom is 0.308 e. The third-order valence-corrected chi connectivity index (χ3v) is 8.77. The van der Waals surface area contributed by atoms with Crippen LogP contribution in [0.3, 0.4) is 0 Å². The monoisotopic (exact) mass is 656 g/mol. The van der Waals surface area contributed by atoms with Gasteiger partial charge in [-0.2, -0.15) is 0 Å². The number of nitrogens with zero attached hydrogens (tertiary/aromatic N) is 1. The molecule has 0 aromatic carbocycles. The first-order valence-electron chi connectivity index (χ1n) is 20.1. The smallest absolute Gasteiger partial charge is 0.308 e. The molecule has 0 aliphatic carbocycles. The van der Waals surface area contributed by atoms with Crippen molar-refractivity contribution in [3.63, 3.8) is 0 Å². The molecule has 0 rings (SSSR count). The summed E-state index contributed by atoms with van der Waals surface area (Å²) in [5.41, 5.74) is 0. The molecule has 0 aromatic heterocycles. The molecule has 0 aliphatic heterocycles. The van der Waals surface area contributed by atoms with Crippen molar-refractivity contribution in [3.8, 4) is 0 Å². The number of hydrogen-bond acceptors (Lipinski definition) is 6. The van der Waals surface area contributed by atoms with E-state index in [9.17, 15) is 9.59 Å². The quantitative estimate of drug-likeness (QED) is 0.0549. The number of unbranched alkanes of at least 4 members (excludes halogenated alkanes) is 20. The number of carbonyl (C=O) groups excluding carboxylic acids is 2. The van der Waals surface area contributed by atoms with Crippen molar-refractivity contribution in [2.45, 2.75) is 202 Å². The average Bonchev–Trinajstić information content (AvgIpc) is 3.04. The summed E-state index contributed by atoms with van der Waals surface area (Å²) in [6, 6.07) is 0. The molecule has 6 heteroatoms. The number of rotatable bonds is 34. The zero-order valence-corrected chi connectivity index (χ0v) is 31.7. The van der Waals surface area contributed by atoms with Crippen molar-refractivity contribution in [2.24, 2.45) is 5.92 Å². The fourth-order valence-electron chi connectivity index (χ4n) is 5.63. The lowest BCUT2D eigenvalue weighted by Gasteiger charge is -2.22. The highest BCUT2D eigenvalue weighted by atomic mass is 16.5. The van der Waals surface area contributed by atoms with Crippen LogP contribution < -0.4 is 0 Å². The van der Waals surface area contributed by atoms with E-state index in [2.05, 4.69) is 25.7 Å². The molecule has 0 saturated heterocycles. The fourth-order valence-corrected chi connectivity index (χ4v) is 5.63. The van der Waals surface area contributed by atoms with Crippen molar-refractivity contribution in [3.05, 3.63) is 0 Å². The van der Waals surface area contributed by atoms with Gasteiger partial charge < -0.3 is 19.5 Å². The van der Waals surface area contributed by atoms with Crippen molar-refractivity contribution in [1.29, 1.82) is 0 Å². The van der Waals surface area contributed by atoms with Gasteiger partial charge in [0.15, 0.2) is 0 Å². The molecule has 0 spiro atoms. The number of aliphatic hydroxyl groups is 1. The second kappa shape index (κ2) is 40.0. The van der Waals surface area contributed by atoms with E-state index in [4.69, 9.17) is 14.6 Å². The molecule has 0 bridgehead atoms. The van der Waals surface area contributed by atoms with Crippen LogP contribution in [-0.4, -0.2) is 61.4 Å². The van der Waals surface area contributed by atoms with Gasteiger partial charge in [-0.05, 0) is 64.6 Å². The predicted molar refractivity (Wildman–Crippen MR) is 197 cm³/mol. The third kappa shape index (κ3) is 39.0. The Bertz CT molecular complexity index is 602. The zero-order chi connectivity index (χ0) is 34.4. The zero-order valence-electron chi connectivity index (χ0n) is 31.7. The molecule has 6 nitrogen and oxygen atoms in total. The van der Waals surface area contributed by atoms with Gasteiger partial charge in [0.25, 0.3) is 0 Å².